The number of nitrogens with zero attached hydrogens (tertiary/aromatic N) is 1. The zero-order chi connectivity index (χ0) is 16.3. The highest BCUT2D eigenvalue weighted by Crippen LogP contribution is 2.21. The van der Waals surface area contributed by atoms with Crippen molar-refractivity contribution in [2.45, 2.75) is 32.9 Å². The second kappa shape index (κ2) is 6.60. The molecule has 1 atom stereocenters. The SMILES string of the molecule is CC(C)C[C@H](NC(=O)CN1Cc2ccccc2C1=O)C(=O)O. The number of nitrogens with one attached hydrogen (secondary N) is 1. The largest absolute Gasteiger partial charge is 0.480 e. The van der Waals surface area contributed by atoms with Gasteiger partial charge in [-0.1, -0.05) is 32.0 Å². The molecule has 1 heterocycles. The van der Waals surface area contributed by atoms with E-state index in [0.717, 1.165) is 5.56 Å². The molecule has 0 bridgehead atoms. The predicted octanol–water partition coefficient (Wildman–Crippen LogP) is 1.26. The third-order valence-corrected chi connectivity index (χ3v) is 3.57. The highest BCUT2D eigenvalue weighted by Gasteiger charge is 2.29. The van der Waals surface area contributed by atoms with Crippen LogP contribution in [0.25, 0.3) is 0 Å². The van der Waals surface area contributed by atoms with Crippen LogP contribution in [0.4, 0.5) is 0 Å². The van der Waals surface area contributed by atoms with E-state index >= 15 is 0 Å². The molecule has 0 spiro atoms. The van der Waals surface area contributed by atoms with Crippen molar-refractivity contribution in [2.75, 3.05) is 6.54 Å². The molecule has 118 valence electrons. The summed E-state index contributed by atoms with van der Waals surface area (Å²) >= 11 is 0. The number of carboxylic acid groups (broad SMARTS) is 1. The molecular formula is C16H20N2O4. The zero-order valence-electron chi connectivity index (χ0n) is 12.7. The van der Waals surface area contributed by atoms with E-state index in [2.05, 4.69) is 5.32 Å². The summed E-state index contributed by atoms with van der Waals surface area (Å²) in [6, 6.07) is 6.29. The normalized spacial score (nSPS) is 14.9. The number of carbonyl (C=O) groups excluding carboxylic acids is 2. The second-order valence-electron chi connectivity index (χ2n) is 5.91. The lowest BCUT2D eigenvalue weighted by Crippen LogP contribution is -2.46. The molecule has 0 saturated carbocycles. The minimum absolute atomic E-state index is 0.130. The van der Waals surface area contributed by atoms with E-state index in [-0.39, 0.29) is 18.4 Å². The number of aliphatic carboxylic acids is 1. The second-order valence-corrected chi connectivity index (χ2v) is 5.91. The Balaban J connectivity index is 1.96. The van der Waals surface area contributed by atoms with Crippen LogP contribution < -0.4 is 5.32 Å². The van der Waals surface area contributed by atoms with Gasteiger partial charge in [-0.25, -0.2) is 4.79 Å². The van der Waals surface area contributed by atoms with Gasteiger partial charge in [0.1, 0.15) is 12.6 Å². The molecule has 1 aromatic rings. The summed E-state index contributed by atoms with van der Waals surface area (Å²) in [5.74, 6) is -1.55. The summed E-state index contributed by atoms with van der Waals surface area (Å²) < 4.78 is 0. The standard InChI is InChI=1S/C16H20N2O4/c1-10(2)7-13(16(21)22)17-14(19)9-18-8-11-5-3-4-6-12(11)15(18)20/h3-6,10,13H,7-9H2,1-2H3,(H,17,19)(H,21,22)/t13-/m0/s1. The fraction of sp³-hybridized carbons (Fsp3) is 0.438. The first-order chi connectivity index (χ1) is 10.4. The Labute approximate surface area is 129 Å². The molecule has 1 aliphatic heterocycles. The average Bonchev–Trinajstić information content (AvgIpc) is 2.74. The fourth-order valence-corrected chi connectivity index (χ4v) is 2.55. The van der Waals surface area contributed by atoms with E-state index in [9.17, 15) is 14.4 Å². The van der Waals surface area contributed by atoms with Crippen molar-refractivity contribution in [3.05, 3.63) is 35.4 Å². The highest BCUT2D eigenvalue weighted by atomic mass is 16.4. The van der Waals surface area contributed by atoms with E-state index in [1.165, 1.54) is 4.90 Å². The van der Waals surface area contributed by atoms with Crippen LogP contribution in [0, 0.1) is 5.92 Å². The number of rotatable bonds is 6. The maximum Gasteiger partial charge on any atom is 0.326 e. The van der Waals surface area contributed by atoms with Gasteiger partial charge in [0.15, 0.2) is 0 Å². The molecule has 6 nitrogen and oxygen atoms in total. The Hall–Kier alpha value is -2.37. The summed E-state index contributed by atoms with van der Waals surface area (Å²) in [4.78, 5) is 36.8. The molecule has 0 aromatic heterocycles. The number of fused-ring (bicyclic) bond motifs is 1. The number of hydrogen-bond donors (Lipinski definition) is 2. The van der Waals surface area contributed by atoms with E-state index in [0.29, 0.717) is 18.5 Å². The van der Waals surface area contributed by atoms with Crippen molar-refractivity contribution < 1.29 is 19.5 Å². The van der Waals surface area contributed by atoms with Gasteiger partial charge in [-0.2, -0.15) is 0 Å². The van der Waals surface area contributed by atoms with Crippen molar-refractivity contribution in [3.8, 4) is 0 Å². The number of hydrogen-bond acceptors (Lipinski definition) is 3. The maximum atomic E-state index is 12.2. The van der Waals surface area contributed by atoms with Gasteiger partial charge in [0.25, 0.3) is 5.91 Å². The minimum Gasteiger partial charge on any atom is -0.480 e. The van der Waals surface area contributed by atoms with Crippen molar-refractivity contribution in [3.63, 3.8) is 0 Å². The van der Waals surface area contributed by atoms with Crippen LogP contribution in [0.1, 0.15) is 36.2 Å². The third-order valence-electron chi connectivity index (χ3n) is 3.57. The van der Waals surface area contributed by atoms with Crippen LogP contribution in [-0.4, -0.2) is 40.4 Å². The first-order valence-electron chi connectivity index (χ1n) is 7.28. The Kier molecular flexibility index (Phi) is 4.80. The topological polar surface area (TPSA) is 86.7 Å². The molecule has 6 heteroatoms. The number of amides is 2. The maximum absolute atomic E-state index is 12.2. The molecule has 0 fully saturated rings. The predicted molar refractivity (Wildman–Crippen MR) is 80.2 cm³/mol. The van der Waals surface area contributed by atoms with Gasteiger partial charge in [0, 0.05) is 12.1 Å². The van der Waals surface area contributed by atoms with E-state index in [1.807, 2.05) is 26.0 Å². The lowest BCUT2D eigenvalue weighted by molar-refractivity contribution is -0.142. The van der Waals surface area contributed by atoms with Gasteiger partial charge in [-0.3, -0.25) is 9.59 Å². The molecule has 0 saturated heterocycles. The molecule has 2 N–H and O–H groups in total. The molecule has 1 aliphatic rings. The van der Waals surface area contributed by atoms with E-state index < -0.39 is 17.9 Å². The van der Waals surface area contributed by atoms with E-state index in [4.69, 9.17) is 5.11 Å². The monoisotopic (exact) mass is 304 g/mol. The summed E-state index contributed by atoms with van der Waals surface area (Å²) in [6.45, 7) is 4.03. The van der Waals surface area contributed by atoms with Crippen molar-refractivity contribution in [2.24, 2.45) is 5.92 Å². The lowest BCUT2D eigenvalue weighted by atomic mass is 10.0. The zero-order valence-corrected chi connectivity index (χ0v) is 12.7. The summed E-state index contributed by atoms with van der Waals surface area (Å²) in [5.41, 5.74) is 1.49. The van der Waals surface area contributed by atoms with Crippen molar-refractivity contribution in [1.29, 1.82) is 0 Å². The molecule has 0 radical (unpaired) electrons. The smallest absolute Gasteiger partial charge is 0.326 e. The Bertz CT molecular complexity index is 598. The van der Waals surface area contributed by atoms with Crippen LogP contribution in [0.2, 0.25) is 0 Å². The Morgan fingerprint density at radius 3 is 2.59 bits per heavy atom. The number of carbonyl (C=O) groups is 3. The van der Waals surface area contributed by atoms with Gasteiger partial charge in [0.05, 0.1) is 0 Å². The molecule has 0 unspecified atom stereocenters. The molecule has 0 aliphatic carbocycles. The van der Waals surface area contributed by atoms with Crippen LogP contribution in [0.3, 0.4) is 0 Å². The highest BCUT2D eigenvalue weighted by molar-refractivity contribution is 6.00. The van der Waals surface area contributed by atoms with Crippen LogP contribution in [0.5, 0.6) is 0 Å². The van der Waals surface area contributed by atoms with Gasteiger partial charge >= 0.3 is 5.97 Å². The molecule has 1 aromatic carbocycles. The quantitative estimate of drug-likeness (QED) is 0.828. The van der Waals surface area contributed by atoms with Gasteiger partial charge in [-0.15, -0.1) is 0 Å². The first-order valence-corrected chi connectivity index (χ1v) is 7.28. The van der Waals surface area contributed by atoms with Gasteiger partial charge in [0.2, 0.25) is 5.91 Å². The molecule has 22 heavy (non-hydrogen) atoms. The Morgan fingerprint density at radius 2 is 2.00 bits per heavy atom. The average molecular weight is 304 g/mol. The first kappa shape index (κ1) is 16.0. The Morgan fingerprint density at radius 1 is 1.32 bits per heavy atom. The van der Waals surface area contributed by atoms with Crippen LogP contribution in [-0.2, 0) is 16.1 Å². The summed E-state index contributed by atoms with van der Waals surface area (Å²) in [5, 5.41) is 11.6. The molecule has 2 rings (SSSR count). The minimum atomic E-state index is -1.06. The van der Waals surface area contributed by atoms with E-state index in [1.54, 1.807) is 12.1 Å². The van der Waals surface area contributed by atoms with Crippen LogP contribution >= 0.6 is 0 Å². The number of carboxylic acids is 1. The third kappa shape index (κ3) is 3.63. The van der Waals surface area contributed by atoms with Crippen molar-refractivity contribution >= 4 is 17.8 Å². The lowest BCUT2D eigenvalue weighted by Gasteiger charge is -2.19. The van der Waals surface area contributed by atoms with Gasteiger partial charge < -0.3 is 15.3 Å². The number of benzene rings is 1. The summed E-state index contributed by atoms with van der Waals surface area (Å²) in [7, 11) is 0. The van der Waals surface area contributed by atoms with Gasteiger partial charge in [-0.05, 0) is 24.0 Å². The molecule has 2 amide bonds. The summed E-state index contributed by atoms with van der Waals surface area (Å²) in [6.07, 6.45) is 0.356. The van der Waals surface area contributed by atoms with Crippen LogP contribution in [0.15, 0.2) is 24.3 Å². The fourth-order valence-electron chi connectivity index (χ4n) is 2.55. The molecular weight excluding hydrogens is 284 g/mol. The van der Waals surface area contributed by atoms with Crippen molar-refractivity contribution in [1.82, 2.24) is 10.2 Å².